The van der Waals surface area contributed by atoms with Crippen molar-refractivity contribution in [2.75, 3.05) is 6.79 Å². The molecule has 0 bridgehead atoms. The molecule has 0 saturated heterocycles. The smallest absolute Gasteiger partial charge is 0.231 e. The van der Waals surface area contributed by atoms with E-state index in [1.807, 2.05) is 30.3 Å². The molecular weight excluding hydrogens is 204 g/mol. The molecule has 2 aromatic rings. The summed E-state index contributed by atoms with van der Waals surface area (Å²) in [6.45, 7) is 0.215. The Kier molecular flexibility index (Phi) is 1.96. The Morgan fingerprint density at radius 1 is 0.938 bits per heavy atom. The second-order valence-corrected chi connectivity index (χ2v) is 3.59. The van der Waals surface area contributed by atoms with E-state index in [9.17, 15) is 5.11 Å². The summed E-state index contributed by atoms with van der Waals surface area (Å²) in [5, 5.41) is 9.89. The molecule has 0 radical (unpaired) electrons. The van der Waals surface area contributed by atoms with Crippen LogP contribution >= 0.6 is 0 Å². The summed E-state index contributed by atoms with van der Waals surface area (Å²) in [6.07, 6.45) is 0. The lowest BCUT2D eigenvalue weighted by Gasteiger charge is -2.06. The molecule has 2 aromatic carbocycles. The van der Waals surface area contributed by atoms with Gasteiger partial charge in [-0.1, -0.05) is 30.3 Å². The number of ether oxygens (including phenoxy) is 2. The molecule has 0 aromatic heterocycles. The first kappa shape index (κ1) is 9.09. The number of hydrogen-bond acceptors (Lipinski definition) is 3. The monoisotopic (exact) mass is 214 g/mol. The Morgan fingerprint density at radius 2 is 1.62 bits per heavy atom. The van der Waals surface area contributed by atoms with E-state index in [1.54, 1.807) is 12.1 Å². The molecule has 16 heavy (non-hydrogen) atoms. The maximum absolute atomic E-state index is 9.89. The molecule has 0 fully saturated rings. The zero-order valence-electron chi connectivity index (χ0n) is 8.51. The first-order valence-corrected chi connectivity index (χ1v) is 5.02. The van der Waals surface area contributed by atoms with Crippen LogP contribution in [0.2, 0.25) is 0 Å². The lowest BCUT2D eigenvalue weighted by atomic mass is 10.0. The molecular formula is C13H10O3. The highest BCUT2D eigenvalue weighted by molar-refractivity contribution is 5.74. The quantitative estimate of drug-likeness (QED) is 0.793. The van der Waals surface area contributed by atoms with Gasteiger partial charge >= 0.3 is 0 Å². The number of hydrogen-bond donors (Lipinski definition) is 1. The molecule has 3 nitrogen and oxygen atoms in total. The minimum atomic E-state index is 0.204. The van der Waals surface area contributed by atoms with Gasteiger partial charge in [-0.25, -0.2) is 0 Å². The van der Waals surface area contributed by atoms with E-state index in [-0.39, 0.29) is 12.5 Å². The predicted molar refractivity (Wildman–Crippen MR) is 59.7 cm³/mol. The fraction of sp³-hybridized carbons (Fsp3) is 0.0769. The molecule has 0 saturated carbocycles. The third-order valence-electron chi connectivity index (χ3n) is 2.58. The van der Waals surface area contributed by atoms with Crippen LogP contribution in [0.25, 0.3) is 11.1 Å². The summed E-state index contributed by atoms with van der Waals surface area (Å²) in [4.78, 5) is 0. The maximum atomic E-state index is 9.89. The van der Waals surface area contributed by atoms with Crippen molar-refractivity contribution in [2.45, 2.75) is 0 Å². The summed E-state index contributed by atoms with van der Waals surface area (Å²) < 4.78 is 10.5. The summed E-state index contributed by atoms with van der Waals surface area (Å²) >= 11 is 0. The molecule has 1 aliphatic rings. The molecule has 3 rings (SSSR count). The number of rotatable bonds is 1. The number of aromatic hydroxyl groups is 1. The van der Waals surface area contributed by atoms with Crippen molar-refractivity contribution in [1.29, 1.82) is 0 Å². The number of fused-ring (bicyclic) bond motifs is 1. The Morgan fingerprint density at radius 3 is 2.38 bits per heavy atom. The van der Waals surface area contributed by atoms with Crippen LogP contribution in [0.4, 0.5) is 0 Å². The van der Waals surface area contributed by atoms with Crippen molar-refractivity contribution < 1.29 is 14.6 Å². The first-order valence-electron chi connectivity index (χ1n) is 5.02. The van der Waals surface area contributed by atoms with Gasteiger partial charge in [-0.05, 0) is 11.6 Å². The molecule has 3 heteroatoms. The van der Waals surface area contributed by atoms with Gasteiger partial charge in [0.05, 0.1) is 0 Å². The second-order valence-electron chi connectivity index (χ2n) is 3.59. The number of benzene rings is 2. The fourth-order valence-electron chi connectivity index (χ4n) is 1.78. The summed E-state index contributed by atoms with van der Waals surface area (Å²) in [5.74, 6) is 1.48. The van der Waals surface area contributed by atoms with Gasteiger partial charge in [0.1, 0.15) is 5.75 Å². The molecule has 1 N–H and O–H groups in total. The molecule has 1 aliphatic heterocycles. The lowest BCUT2D eigenvalue weighted by Crippen LogP contribution is -1.92. The lowest BCUT2D eigenvalue weighted by molar-refractivity contribution is 0.174. The third kappa shape index (κ3) is 1.37. The van der Waals surface area contributed by atoms with E-state index in [2.05, 4.69) is 0 Å². The van der Waals surface area contributed by atoms with Crippen LogP contribution in [-0.4, -0.2) is 11.9 Å². The van der Waals surface area contributed by atoms with Crippen LogP contribution in [0.5, 0.6) is 17.2 Å². The van der Waals surface area contributed by atoms with Crippen molar-refractivity contribution in [2.24, 2.45) is 0 Å². The zero-order chi connectivity index (χ0) is 11.0. The maximum Gasteiger partial charge on any atom is 0.231 e. The van der Waals surface area contributed by atoms with Crippen LogP contribution in [0.15, 0.2) is 42.5 Å². The Labute approximate surface area is 92.9 Å². The van der Waals surface area contributed by atoms with Crippen LogP contribution in [-0.2, 0) is 0 Å². The Balaban J connectivity index is 2.15. The minimum Gasteiger partial charge on any atom is -0.507 e. The molecule has 0 spiro atoms. The first-order chi connectivity index (χ1) is 7.84. The van der Waals surface area contributed by atoms with Crippen molar-refractivity contribution >= 4 is 0 Å². The molecule has 1 heterocycles. The van der Waals surface area contributed by atoms with E-state index < -0.39 is 0 Å². The van der Waals surface area contributed by atoms with Crippen molar-refractivity contribution in [3.63, 3.8) is 0 Å². The van der Waals surface area contributed by atoms with Gasteiger partial charge < -0.3 is 14.6 Å². The number of phenolic OH excluding ortho intramolecular Hbond substituents is 1. The van der Waals surface area contributed by atoms with Crippen LogP contribution < -0.4 is 9.47 Å². The van der Waals surface area contributed by atoms with E-state index in [4.69, 9.17) is 9.47 Å². The van der Waals surface area contributed by atoms with Crippen LogP contribution in [0.3, 0.4) is 0 Å². The van der Waals surface area contributed by atoms with Crippen LogP contribution in [0.1, 0.15) is 0 Å². The minimum absolute atomic E-state index is 0.204. The van der Waals surface area contributed by atoms with Gasteiger partial charge in [-0.3, -0.25) is 0 Å². The van der Waals surface area contributed by atoms with Gasteiger partial charge in [0.15, 0.2) is 11.5 Å². The topological polar surface area (TPSA) is 38.7 Å². The zero-order valence-corrected chi connectivity index (χ0v) is 8.51. The van der Waals surface area contributed by atoms with Gasteiger partial charge in [0.25, 0.3) is 0 Å². The highest BCUT2D eigenvalue weighted by Crippen LogP contribution is 2.41. The van der Waals surface area contributed by atoms with Crippen molar-refractivity contribution in [3.8, 4) is 28.4 Å². The molecule has 0 aliphatic carbocycles. The summed E-state index contributed by atoms with van der Waals surface area (Å²) in [7, 11) is 0. The van der Waals surface area contributed by atoms with Gasteiger partial charge in [-0.15, -0.1) is 0 Å². The van der Waals surface area contributed by atoms with Crippen LogP contribution in [0, 0.1) is 0 Å². The van der Waals surface area contributed by atoms with E-state index in [1.165, 1.54) is 0 Å². The largest absolute Gasteiger partial charge is 0.507 e. The summed E-state index contributed by atoms with van der Waals surface area (Å²) in [6, 6.07) is 13.1. The van der Waals surface area contributed by atoms with E-state index in [0.29, 0.717) is 11.5 Å². The standard InChI is InChI=1S/C13H10O3/c14-11-7-13-12(15-8-16-13)6-10(11)9-4-2-1-3-5-9/h1-7,14H,8H2. The van der Waals surface area contributed by atoms with Gasteiger partial charge in [0, 0.05) is 11.6 Å². The van der Waals surface area contributed by atoms with Gasteiger partial charge in [-0.2, -0.15) is 0 Å². The van der Waals surface area contributed by atoms with Gasteiger partial charge in [0.2, 0.25) is 6.79 Å². The van der Waals surface area contributed by atoms with E-state index in [0.717, 1.165) is 11.1 Å². The van der Waals surface area contributed by atoms with Crippen molar-refractivity contribution in [1.82, 2.24) is 0 Å². The molecule has 0 unspecified atom stereocenters. The fourth-order valence-corrected chi connectivity index (χ4v) is 1.78. The highest BCUT2D eigenvalue weighted by atomic mass is 16.7. The normalized spacial score (nSPS) is 12.8. The SMILES string of the molecule is Oc1cc2c(cc1-c1ccccc1)OCO2. The average Bonchev–Trinajstić information content (AvgIpc) is 2.76. The Hall–Kier alpha value is -2.16. The Bertz CT molecular complexity index is 520. The molecule has 80 valence electrons. The second kappa shape index (κ2) is 3.45. The third-order valence-corrected chi connectivity index (χ3v) is 2.58. The molecule has 0 amide bonds. The average molecular weight is 214 g/mol. The predicted octanol–water partition coefficient (Wildman–Crippen LogP) is 2.79. The number of phenols is 1. The summed E-state index contributed by atoms with van der Waals surface area (Å²) in [5.41, 5.74) is 1.71. The van der Waals surface area contributed by atoms with Crippen molar-refractivity contribution in [3.05, 3.63) is 42.5 Å². The van der Waals surface area contributed by atoms with E-state index >= 15 is 0 Å². The molecule has 0 atom stereocenters. The highest BCUT2D eigenvalue weighted by Gasteiger charge is 2.17.